The summed E-state index contributed by atoms with van der Waals surface area (Å²) in [4.78, 5) is 4.07. The topological polar surface area (TPSA) is 12.9 Å². The summed E-state index contributed by atoms with van der Waals surface area (Å²) in [6.07, 6.45) is 1.80. The van der Waals surface area contributed by atoms with E-state index >= 15 is 0 Å². The first-order valence-corrected chi connectivity index (χ1v) is 6.16. The molecule has 0 aliphatic carbocycles. The van der Waals surface area contributed by atoms with Gasteiger partial charge in [0.1, 0.15) is 5.15 Å². The van der Waals surface area contributed by atoms with Crippen molar-refractivity contribution in [2.75, 3.05) is 0 Å². The summed E-state index contributed by atoms with van der Waals surface area (Å²) in [5, 5.41) is 2.79. The molecule has 0 radical (unpaired) electrons. The van der Waals surface area contributed by atoms with Crippen LogP contribution in [0.4, 0.5) is 0 Å². The van der Waals surface area contributed by atoms with Gasteiger partial charge < -0.3 is 0 Å². The Balaban J connectivity index is 0.000000509. The van der Waals surface area contributed by atoms with Crippen LogP contribution in [0, 0.1) is 6.92 Å². The van der Waals surface area contributed by atoms with Crippen LogP contribution in [-0.4, -0.2) is 4.98 Å². The molecule has 0 aliphatic rings. The van der Waals surface area contributed by atoms with Crippen LogP contribution in [0.25, 0.3) is 10.8 Å². The Morgan fingerprint density at radius 2 is 1.44 bits per heavy atom. The summed E-state index contributed by atoms with van der Waals surface area (Å²) in [5.74, 6) is 0. The maximum Gasteiger partial charge on any atom is 0.136 e. The van der Waals surface area contributed by atoms with E-state index in [1.54, 1.807) is 6.20 Å². The molecule has 1 heterocycles. The van der Waals surface area contributed by atoms with Crippen molar-refractivity contribution in [1.82, 2.24) is 4.98 Å². The van der Waals surface area contributed by atoms with E-state index in [4.69, 9.17) is 11.6 Å². The van der Waals surface area contributed by atoms with Crippen molar-refractivity contribution >= 4 is 22.4 Å². The highest BCUT2D eigenvalue weighted by Crippen LogP contribution is 2.22. The fourth-order valence-electron chi connectivity index (χ4n) is 1.30. The molecule has 88 valence electrons. The number of aryl methyl sites for hydroxylation is 1. The van der Waals surface area contributed by atoms with Gasteiger partial charge in [0.2, 0.25) is 0 Å². The molecule has 2 rings (SSSR count). The molecule has 2 heteroatoms. The monoisotopic (exact) mass is 237 g/mol. The number of pyridine rings is 1. The van der Waals surface area contributed by atoms with E-state index in [2.05, 4.69) is 11.1 Å². The Hall–Kier alpha value is -1.08. The molecule has 2 aromatic rings. The molecule has 0 fully saturated rings. The van der Waals surface area contributed by atoms with Crippen LogP contribution in [0.2, 0.25) is 5.15 Å². The zero-order valence-corrected chi connectivity index (χ0v) is 11.5. The molecule has 1 aromatic heterocycles. The number of hydrogen-bond donors (Lipinski definition) is 0. The van der Waals surface area contributed by atoms with Crippen molar-refractivity contribution in [3.63, 3.8) is 0 Å². The minimum Gasteiger partial charge on any atom is -0.244 e. The van der Waals surface area contributed by atoms with Gasteiger partial charge >= 0.3 is 0 Å². The first kappa shape index (κ1) is 14.9. The van der Waals surface area contributed by atoms with Crippen LogP contribution in [0.5, 0.6) is 0 Å². The maximum absolute atomic E-state index is 5.92. The lowest BCUT2D eigenvalue weighted by Crippen LogP contribution is -1.82. The van der Waals surface area contributed by atoms with Gasteiger partial charge in [-0.2, -0.15) is 0 Å². The Morgan fingerprint density at radius 1 is 0.938 bits per heavy atom. The minimum atomic E-state index is 0.580. The maximum atomic E-state index is 5.92. The van der Waals surface area contributed by atoms with Crippen molar-refractivity contribution in [1.29, 1.82) is 0 Å². The van der Waals surface area contributed by atoms with E-state index < -0.39 is 0 Å². The van der Waals surface area contributed by atoms with E-state index in [-0.39, 0.29) is 0 Å². The van der Waals surface area contributed by atoms with Crippen LogP contribution in [0.3, 0.4) is 0 Å². The molecule has 0 bridgehead atoms. The summed E-state index contributed by atoms with van der Waals surface area (Å²) < 4.78 is 0. The average molecular weight is 238 g/mol. The van der Waals surface area contributed by atoms with Crippen molar-refractivity contribution in [3.8, 4) is 0 Å². The lowest BCUT2D eigenvalue weighted by atomic mass is 10.1. The highest BCUT2D eigenvalue weighted by molar-refractivity contribution is 6.34. The molecule has 0 aliphatic heterocycles. The SMILES string of the molecule is CC.CC.Cc1cnc(Cl)c2ccccc12. The molecule has 0 saturated heterocycles. The van der Waals surface area contributed by atoms with Gasteiger partial charge in [0.05, 0.1) is 0 Å². The third-order valence-electron chi connectivity index (χ3n) is 1.95. The molecule has 0 amide bonds. The van der Waals surface area contributed by atoms with Gasteiger partial charge in [-0.25, -0.2) is 4.98 Å². The molecule has 0 unspecified atom stereocenters. The standard InChI is InChI=1S/C10H8ClN.2C2H6/c1-7-6-12-10(11)9-5-3-2-4-8(7)9;2*1-2/h2-6H,1H3;2*1-2H3. The fraction of sp³-hybridized carbons (Fsp3) is 0.357. The number of rotatable bonds is 0. The third-order valence-corrected chi connectivity index (χ3v) is 2.25. The molecule has 0 spiro atoms. The predicted octanol–water partition coefficient (Wildman–Crippen LogP) is 5.25. The van der Waals surface area contributed by atoms with Crippen molar-refractivity contribution in [2.45, 2.75) is 34.6 Å². The van der Waals surface area contributed by atoms with E-state index in [0.29, 0.717) is 5.15 Å². The van der Waals surface area contributed by atoms with Gasteiger partial charge in [-0.3, -0.25) is 0 Å². The fourth-order valence-corrected chi connectivity index (χ4v) is 1.51. The zero-order valence-electron chi connectivity index (χ0n) is 10.7. The van der Waals surface area contributed by atoms with Crippen LogP contribution in [0.1, 0.15) is 33.3 Å². The molecule has 16 heavy (non-hydrogen) atoms. The van der Waals surface area contributed by atoms with Crippen molar-refractivity contribution < 1.29 is 0 Å². The molecule has 1 aromatic carbocycles. The first-order valence-electron chi connectivity index (χ1n) is 5.79. The van der Waals surface area contributed by atoms with Crippen LogP contribution < -0.4 is 0 Å². The normalized spacial score (nSPS) is 8.62. The second-order valence-corrected chi connectivity index (χ2v) is 3.14. The van der Waals surface area contributed by atoms with E-state index in [0.717, 1.165) is 10.9 Å². The third kappa shape index (κ3) is 3.49. The van der Waals surface area contributed by atoms with Crippen molar-refractivity contribution in [3.05, 3.63) is 41.2 Å². The summed E-state index contributed by atoms with van der Waals surface area (Å²) in [7, 11) is 0. The minimum absolute atomic E-state index is 0.580. The Labute approximate surface area is 103 Å². The lowest BCUT2D eigenvalue weighted by molar-refractivity contribution is 1.31. The summed E-state index contributed by atoms with van der Waals surface area (Å²) in [6.45, 7) is 10.0. The number of benzene rings is 1. The number of aromatic nitrogens is 1. The molecular weight excluding hydrogens is 218 g/mol. The van der Waals surface area contributed by atoms with Gasteiger partial charge in [-0.1, -0.05) is 63.6 Å². The second-order valence-electron chi connectivity index (χ2n) is 2.78. The zero-order chi connectivity index (χ0) is 12.6. The molecule has 0 saturated carbocycles. The molecule has 1 nitrogen and oxygen atoms in total. The largest absolute Gasteiger partial charge is 0.244 e. The molecular formula is C14H20ClN. The van der Waals surface area contributed by atoms with Gasteiger partial charge in [0.25, 0.3) is 0 Å². The summed E-state index contributed by atoms with van der Waals surface area (Å²) >= 11 is 5.92. The van der Waals surface area contributed by atoms with Crippen molar-refractivity contribution in [2.24, 2.45) is 0 Å². The lowest BCUT2D eigenvalue weighted by Gasteiger charge is -2.01. The van der Waals surface area contributed by atoms with E-state index in [9.17, 15) is 0 Å². The highest BCUT2D eigenvalue weighted by atomic mass is 35.5. The highest BCUT2D eigenvalue weighted by Gasteiger charge is 2.00. The Bertz CT molecular complexity index is 384. The predicted molar refractivity (Wildman–Crippen MR) is 74.2 cm³/mol. The van der Waals surface area contributed by atoms with Gasteiger partial charge in [-0.05, 0) is 17.9 Å². The smallest absolute Gasteiger partial charge is 0.136 e. The van der Waals surface area contributed by atoms with Gasteiger partial charge in [0.15, 0.2) is 0 Å². The van der Waals surface area contributed by atoms with Crippen LogP contribution in [-0.2, 0) is 0 Å². The number of nitrogens with zero attached hydrogens (tertiary/aromatic N) is 1. The van der Waals surface area contributed by atoms with Gasteiger partial charge in [0, 0.05) is 11.6 Å². The number of halogens is 1. The molecule has 0 atom stereocenters. The first-order chi connectivity index (χ1) is 7.79. The Kier molecular flexibility index (Phi) is 7.57. The van der Waals surface area contributed by atoms with Crippen LogP contribution in [0.15, 0.2) is 30.5 Å². The van der Waals surface area contributed by atoms with Gasteiger partial charge in [-0.15, -0.1) is 0 Å². The quantitative estimate of drug-likeness (QED) is 0.571. The second kappa shape index (κ2) is 8.12. The summed E-state index contributed by atoms with van der Waals surface area (Å²) in [5.41, 5.74) is 1.16. The average Bonchev–Trinajstić information content (AvgIpc) is 2.39. The number of hydrogen-bond acceptors (Lipinski definition) is 1. The van der Waals surface area contributed by atoms with Crippen LogP contribution >= 0.6 is 11.6 Å². The Morgan fingerprint density at radius 3 is 1.94 bits per heavy atom. The summed E-state index contributed by atoms with van der Waals surface area (Å²) in [6, 6.07) is 8.01. The van der Waals surface area contributed by atoms with E-state index in [1.165, 1.54) is 5.39 Å². The molecule has 0 N–H and O–H groups in total. The van der Waals surface area contributed by atoms with E-state index in [1.807, 2.05) is 52.8 Å². The number of fused-ring (bicyclic) bond motifs is 1.